The third kappa shape index (κ3) is 4.01. The number of rotatable bonds is 6. The number of hydrogen-bond acceptors (Lipinski definition) is 5. The fraction of sp³-hybridized carbons (Fsp3) is 0.353. The maximum atomic E-state index is 11.9. The molecule has 2 aromatic heterocycles. The Morgan fingerprint density at radius 3 is 3.04 bits per heavy atom. The third-order valence-corrected chi connectivity index (χ3v) is 4.46. The molecule has 0 radical (unpaired) electrons. The molecule has 2 aromatic rings. The van der Waals surface area contributed by atoms with Crippen LogP contribution >= 0.6 is 11.6 Å². The zero-order valence-electron chi connectivity index (χ0n) is 13.1. The number of nitrogens with one attached hydrogen (secondary N) is 1. The number of pyridine rings is 1. The lowest BCUT2D eigenvalue weighted by Crippen LogP contribution is -2.35. The number of aromatic nitrogens is 1. The first-order chi connectivity index (χ1) is 11.6. The summed E-state index contributed by atoms with van der Waals surface area (Å²) >= 11 is 6.13. The molecule has 0 spiro atoms. The average molecular weight is 348 g/mol. The summed E-state index contributed by atoms with van der Waals surface area (Å²) in [6, 6.07) is 4.98. The molecule has 1 aliphatic rings. The van der Waals surface area contributed by atoms with Crippen molar-refractivity contribution in [2.45, 2.75) is 13.0 Å². The van der Waals surface area contributed by atoms with Crippen molar-refractivity contribution in [3.8, 4) is 0 Å². The Morgan fingerprint density at radius 2 is 2.29 bits per heavy atom. The van der Waals surface area contributed by atoms with Crippen molar-refractivity contribution in [1.29, 1.82) is 0 Å². The lowest BCUT2D eigenvalue weighted by molar-refractivity contribution is -0.117. The van der Waals surface area contributed by atoms with Crippen LogP contribution in [-0.2, 0) is 11.3 Å². The summed E-state index contributed by atoms with van der Waals surface area (Å²) in [6.45, 7) is 3.03. The topological polar surface area (TPSA) is 75.4 Å². The number of hydrogen-bond donors (Lipinski definition) is 1. The van der Waals surface area contributed by atoms with Crippen molar-refractivity contribution in [1.82, 2.24) is 15.2 Å². The number of carbonyl (C=O) groups is 2. The molecule has 1 amide bonds. The Hall–Kier alpha value is -2.18. The molecule has 6 nitrogen and oxygen atoms in total. The minimum Gasteiger partial charge on any atom is -0.461 e. The van der Waals surface area contributed by atoms with E-state index in [0.29, 0.717) is 17.5 Å². The average Bonchev–Trinajstić information content (AvgIpc) is 3.26. The fourth-order valence-electron chi connectivity index (χ4n) is 2.83. The quantitative estimate of drug-likeness (QED) is 0.640. The third-order valence-electron chi connectivity index (χ3n) is 4.12. The van der Waals surface area contributed by atoms with Crippen LogP contribution in [0.4, 0.5) is 0 Å². The Kier molecular flexibility index (Phi) is 5.27. The smallest absolute Gasteiger partial charge is 0.295 e. The molecule has 0 unspecified atom stereocenters. The van der Waals surface area contributed by atoms with Gasteiger partial charge in [0.15, 0.2) is 5.76 Å². The second-order valence-electron chi connectivity index (χ2n) is 5.87. The van der Waals surface area contributed by atoms with Crippen LogP contribution in [0.5, 0.6) is 0 Å². The molecule has 3 heterocycles. The first kappa shape index (κ1) is 16.7. The van der Waals surface area contributed by atoms with Crippen LogP contribution in [-0.4, -0.2) is 41.2 Å². The van der Waals surface area contributed by atoms with E-state index in [1.807, 2.05) is 6.07 Å². The molecule has 0 bridgehead atoms. The van der Waals surface area contributed by atoms with Crippen molar-refractivity contribution in [3.63, 3.8) is 0 Å². The van der Waals surface area contributed by atoms with Gasteiger partial charge in [0, 0.05) is 32.0 Å². The van der Waals surface area contributed by atoms with Crippen LogP contribution in [0.2, 0.25) is 5.02 Å². The van der Waals surface area contributed by atoms with E-state index in [-0.39, 0.29) is 5.76 Å². The first-order valence-corrected chi connectivity index (χ1v) is 8.18. The summed E-state index contributed by atoms with van der Waals surface area (Å²) in [4.78, 5) is 29.9. The van der Waals surface area contributed by atoms with Crippen LogP contribution in [0.25, 0.3) is 0 Å². The number of nitrogens with zero attached hydrogens (tertiary/aromatic N) is 2. The number of amides is 1. The van der Waals surface area contributed by atoms with Crippen LogP contribution in [0.1, 0.15) is 22.5 Å². The summed E-state index contributed by atoms with van der Waals surface area (Å²) in [6.07, 6.45) is 5.72. The first-order valence-electron chi connectivity index (χ1n) is 7.80. The van der Waals surface area contributed by atoms with E-state index in [1.165, 1.54) is 12.3 Å². The number of furan rings is 1. The van der Waals surface area contributed by atoms with E-state index in [1.54, 1.807) is 18.5 Å². The zero-order chi connectivity index (χ0) is 16.9. The SMILES string of the molecule is O=C(NC[C@@H]1CCN(Cc2ccncc2Cl)C1)C(=O)c1ccco1. The molecular formula is C17H18ClN3O3. The lowest BCUT2D eigenvalue weighted by Gasteiger charge is -2.17. The van der Waals surface area contributed by atoms with Gasteiger partial charge in [-0.1, -0.05) is 11.6 Å². The Bertz CT molecular complexity index is 718. The minimum atomic E-state index is -0.640. The van der Waals surface area contributed by atoms with E-state index >= 15 is 0 Å². The second kappa shape index (κ2) is 7.59. The Balaban J connectivity index is 1.46. The van der Waals surface area contributed by atoms with Gasteiger partial charge < -0.3 is 9.73 Å². The predicted molar refractivity (Wildman–Crippen MR) is 88.7 cm³/mol. The van der Waals surface area contributed by atoms with Crippen molar-refractivity contribution >= 4 is 23.3 Å². The molecule has 0 aliphatic carbocycles. The van der Waals surface area contributed by atoms with Crippen LogP contribution < -0.4 is 5.32 Å². The molecule has 1 atom stereocenters. The van der Waals surface area contributed by atoms with E-state index in [4.69, 9.17) is 16.0 Å². The molecular weight excluding hydrogens is 330 g/mol. The van der Waals surface area contributed by atoms with E-state index in [0.717, 1.165) is 31.6 Å². The zero-order valence-corrected chi connectivity index (χ0v) is 13.8. The van der Waals surface area contributed by atoms with Gasteiger partial charge in [0.1, 0.15) is 0 Å². The van der Waals surface area contributed by atoms with Crippen LogP contribution in [0.3, 0.4) is 0 Å². The number of likely N-dealkylation sites (tertiary alicyclic amines) is 1. The Morgan fingerprint density at radius 1 is 1.42 bits per heavy atom. The number of Topliss-reactive ketones (excluding diaryl/α,β-unsaturated/α-hetero) is 1. The lowest BCUT2D eigenvalue weighted by atomic mass is 10.1. The highest BCUT2D eigenvalue weighted by molar-refractivity contribution is 6.42. The van der Waals surface area contributed by atoms with Gasteiger partial charge in [-0.3, -0.25) is 19.5 Å². The molecule has 0 aromatic carbocycles. The number of ketones is 1. The molecule has 0 saturated carbocycles. The molecule has 1 fully saturated rings. The van der Waals surface area contributed by atoms with Crippen molar-refractivity contribution < 1.29 is 14.0 Å². The van der Waals surface area contributed by atoms with E-state index in [2.05, 4.69) is 15.2 Å². The normalized spacial score (nSPS) is 17.8. The van der Waals surface area contributed by atoms with Crippen molar-refractivity contribution in [3.05, 3.63) is 53.2 Å². The van der Waals surface area contributed by atoms with Gasteiger partial charge in [0.05, 0.1) is 11.3 Å². The summed E-state index contributed by atoms with van der Waals surface area (Å²) in [5.74, 6) is -0.883. The van der Waals surface area contributed by atoms with Gasteiger partial charge in [0.25, 0.3) is 11.7 Å². The molecule has 1 N–H and O–H groups in total. The fourth-order valence-corrected chi connectivity index (χ4v) is 3.01. The number of carbonyl (C=O) groups excluding carboxylic acids is 2. The maximum Gasteiger partial charge on any atom is 0.295 e. The molecule has 1 saturated heterocycles. The van der Waals surface area contributed by atoms with Gasteiger partial charge in [-0.05, 0) is 42.6 Å². The second-order valence-corrected chi connectivity index (χ2v) is 6.28. The van der Waals surface area contributed by atoms with Gasteiger partial charge >= 0.3 is 0 Å². The molecule has 7 heteroatoms. The molecule has 126 valence electrons. The summed E-state index contributed by atoms with van der Waals surface area (Å²) in [5.41, 5.74) is 1.05. The molecule has 24 heavy (non-hydrogen) atoms. The maximum absolute atomic E-state index is 11.9. The van der Waals surface area contributed by atoms with Gasteiger partial charge in [-0.2, -0.15) is 0 Å². The molecule has 1 aliphatic heterocycles. The van der Waals surface area contributed by atoms with E-state index in [9.17, 15) is 9.59 Å². The summed E-state index contributed by atoms with van der Waals surface area (Å²) < 4.78 is 4.95. The monoisotopic (exact) mass is 347 g/mol. The largest absolute Gasteiger partial charge is 0.461 e. The highest BCUT2D eigenvalue weighted by Crippen LogP contribution is 2.21. The standard InChI is InChI=1S/C17H18ClN3O3/c18-14-9-19-5-3-13(14)11-21-6-4-12(10-21)8-20-17(23)16(22)15-2-1-7-24-15/h1-3,5,7,9,12H,4,6,8,10-11H2,(H,20,23)/t12-/m0/s1. The van der Waals surface area contributed by atoms with Gasteiger partial charge in [-0.25, -0.2) is 0 Å². The van der Waals surface area contributed by atoms with Crippen LogP contribution in [0, 0.1) is 5.92 Å². The summed E-state index contributed by atoms with van der Waals surface area (Å²) in [5, 5.41) is 3.36. The minimum absolute atomic E-state index is 0.0628. The molecule has 3 rings (SSSR count). The van der Waals surface area contributed by atoms with Crippen molar-refractivity contribution in [2.24, 2.45) is 5.92 Å². The van der Waals surface area contributed by atoms with Gasteiger partial charge in [0.2, 0.25) is 0 Å². The van der Waals surface area contributed by atoms with E-state index < -0.39 is 11.7 Å². The van der Waals surface area contributed by atoms with Crippen molar-refractivity contribution in [2.75, 3.05) is 19.6 Å². The highest BCUT2D eigenvalue weighted by Gasteiger charge is 2.25. The predicted octanol–water partition coefficient (Wildman–Crippen LogP) is 2.15. The highest BCUT2D eigenvalue weighted by atomic mass is 35.5. The van der Waals surface area contributed by atoms with Crippen LogP contribution in [0.15, 0.2) is 41.3 Å². The van der Waals surface area contributed by atoms with Gasteiger partial charge in [-0.15, -0.1) is 0 Å². The number of halogens is 1. The Labute approximate surface area is 144 Å². The summed E-state index contributed by atoms with van der Waals surface area (Å²) in [7, 11) is 0.